The minimum Gasteiger partial charge on any atom is -0.493 e. The largest absolute Gasteiger partial charge is 0.493 e. The number of hydrogen-bond acceptors (Lipinski definition) is 4. The van der Waals surface area contributed by atoms with Gasteiger partial charge in [0.1, 0.15) is 0 Å². The first kappa shape index (κ1) is 23.9. The second-order valence-electron chi connectivity index (χ2n) is 8.32. The first-order valence-electron chi connectivity index (χ1n) is 11.5. The Kier molecular flexibility index (Phi) is 8.63. The van der Waals surface area contributed by atoms with Gasteiger partial charge in [0.2, 0.25) is 0 Å². The van der Waals surface area contributed by atoms with Crippen molar-refractivity contribution in [1.82, 2.24) is 0 Å². The SMILES string of the molecule is CCC(CC)(Pc1c(C)cccc1N1CCCCC1)c1cccc(OC)c1OCOC. The molecule has 0 spiro atoms. The van der Waals surface area contributed by atoms with E-state index in [1.807, 2.05) is 6.07 Å². The number of benzene rings is 2. The third-order valence-electron chi connectivity index (χ3n) is 6.55. The van der Waals surface area contributed by atoms with Crippen LogP contribution < -0.4 is 19.7 Å². The summed E-state index contributed by atoms with van der Waals surface area (Å²) in [5, 5.41) is 1.47. The summed E-state index contributed by atoms with van der Waals surface area (Å²) in [7, 11) is 4.01. The first-order valence-corrected chi connectivity index (χ1v) is 12.5. The van der Waals surface area contributed by atoms with Crippen LogP contribution in [0.2, 0.25) is 0 Å². The fourth-order valence-electron chi connectivity index (χ4n) is 4.65. The van der Waals surface area contributed by atoms with E-state index in [2.05, 4.69) is 56.0 Å². The fourth-order valence-corrected chi connectivity index (χ4v) is 6.46. The first-order chi connectivity index (χ1) is 15.1. The second kappa shape index (κ2) is 11.2. The Hall–Kier alpha value is -1.77. The molecule has 0 aliphatic carbocycles. The van der Waals surface area contributed by atoms with Gasteiger partial charge in [-0.25, -0.2) is 0 Å². The molecular weight excluding hydrogens is 405 g/mol. The molecule has 1 heterocycles. The van der Waals surface area contributed by atoms with Gasteiger partial charge in [-0.2, -0.15) is 0 Å². The Labute approximate surface area is 190 Å². The van der Waals surface area contributed by atoms with E-state index in [0.29, 0.717) is 8.58 Å². The molecule has 4 nitrogen and oxygen atoms in total. The highest BCUT2D eigenvalue weighted by Gasteiger charge is 2.35. The van der Waals surface area contributed by atoms with Gasteiger partial charge in [0.25, 0.3) is 0 Å². The summed E-state index contributed by atoms with van der Waals surface area (Å²) < 4.78 is 17.0. The van der Waals surface area contributed by atoms with Crippen molar-refractivity contribution in [1.29, 1.82) is 0 Å². The number of hydrogen-bond donors (Lipinski definition) is 0. The molecule has 1 fully saturated rings. The summed E-state index contributed by atoms with van der Waals surface area (Å²) in [6.45, 7) is 9.40. The van der Waals surface area contributed by atoms with Crippen molar-refractivity contribution in [3.63, 3.8) is 0 Å². The maximum atomic E-state index is 6.08. The summed E-state index contributed by atoms with van der Waals surface area (Å²) in [6, 6.07) is 13.1. The van der Waals surface area contributed by atoms with Crippen molar-refractivity contribution >= 4 is 19.6 Å². The lowest BCUT2D eigenvalue weighted by Crippen LogP contribution is -2.34. The zero-order valence-electron chi connectivity index (χ0n) is 19.8. The van der Waals surface area contributed by atoms with Crippen LogP contribution in [0.1, 0.15) is 57.1 Å². The van der Waals surface area contributed by atoms with Crippen LogP contribution in [0.3, 0.4) is 0 Å². The molecule has 1 aliphatic rings. The van der Waals surface area contributed by atoms with Crippen LogP contribution in [0.5, 0.6) is 11.5 Å². The zero-order chi connectivity index (χ0) is 22.3. The standard InChI is InChI=1S/C26H38NO3P/c1-6-26(7-2,21-14-12-16-23(29-5)24(21)30-19-28-4)31-25-20(3)13-11-15-22(25)27-17-9-8-10-18-27/h11-16,31H,6-10,17-19H2,1-5H3. The lowest BCUT2D eigenvalue weighted by atomic mass is 9.91. The Bertz CT molecular complexity index is 845. The molecule has 0 bridgehead atoms. The van der Waals surface area contributed by atoms with Gasteiger partial charge in [-0.15, -0.1) is 0 Å². The molecule has 0 saturated carbocycles. The van der Waals surface area contributed by atoms with Crippen LogP contribution in [0.15, 0.2) is 36.4 Å². The van der Waals surface area contributed by atoms with Gasteiger partial charge >= 0.3 is 0 Å². The van der Waals surface area contributed by atoms with Crippen LogP contribution >= 0.6 is 8.58 Å². The van der Waals surface area contributed by atoms with Crippen molar-refractivity contribution in [2.75, 3.05) is 39.0 Å². The van der Waals surface area contributed by atoms with E-state index in [9.17, 15) is 0 Å². The molecule has 0 amide bonds. The van der Waals surface area contributed by atoms with E-state index in [1.165, 1.54) is 41.4 Å². The smallest absolute Gasteiger partial charge is 0.188 e. The van der Waals surface area contributed by atoms with E-state index in [-0.39, 0.29) is 11.9 Å². The molecule has 170 valence electrons. The molecule has 2 aromatic carbocycles. The monoisotopic (exact) mass is 443 g/mol. The molecule has 1 atom stereocenters. The highest BCUT2D eigenvalue weighted by atomic mass is 31.1. The minimum absolute atomic E-state index is 0.0196. The highest BCUT2D eigenvalue weighted by Crippen LogP contribution is 2.53. The fraction of sp³-hybridized carbons (Fsp3) is 0.538. The molecule has 0 N–H and O–H groups in total. The Balaban J connectivity index is 2.08. The van der Waals surface area contributed by atoms with Crippen LogP contribution in [0.25, 0.3) is 0 Å². The number of methoxy groups -OCH3 is 2. The predicted molar refractivity (Wildman–Crippen MR) is 133 cm³/mol. The van der Waals surface area contributed by atoms with Crippen LogP contribution in [-0.4, -0.2) is 34.1 Å². The van der Waals surface area contributed by atoms with E-state index in [1.54, 1.807) is 14.2 Å². The van der Waals surface area contributed by atoms with Gasteiger partial charge in [0, 0.05) is 36.6 Å². The van der Waals surface area contributed by atoms with Gasteiger partial charge in [-0.1, -0.05) is 46.7 Å². The number of nitrogens with zero attached hydrogens (tertiary/aromatic N) is 1. The Morgan fingerprint density at radius 3 is 2.32 bits per heavy atom. The quantitative estimate of drug-likeness (QED) is 0.333. The number of ether oxygens (including phenoxy) is 3. The molecule has 1 unspecified atom stereocenters. The van der Waals surface area contributed by atoms with Crippen LogP contribution in [0, 0.1) is 6.92 Å². The van der Waals surface area contributed by atoms with Gasteiger partial charge in [0.05, 0.1) is 7.11 Å². The Morgan fingerprint density at radius 2 is 1.68 bits per heavy atom. The number of aryl methyl sites for hydroxylation is 1. The molecule has 0 aromatic heterocycles. The van der Waals surface area contributed by atoms with E-state index < -0.39 is 0 Å². The van der Waals surface area contributed by atoms with Crippen molar-refractivity contribution in [2.45, 2.75) is 58.0 Å². The summed E-state index contributed by atoms with van der Waals surface area (Å²) in [5.41, 5.74) is 4.03. The van der Waals surface area contributed by atoms with E-state index in [4.69, 9.17) is 14.2 Å². The minimum atomic E-state index is -0.0196. The average Bonchev–Trinajstić information content (AvgIpc) is 2.82. The average molecular weight is 444 g/mol. The third kappa shape index (κ3) is 5.18. The highest BCUT2D eigenvalue weighted by molar-refractivity contribution is 7.49. The number of piperidine rings is 1. The second-order valence-corrected chi connectivity index (χ2v) is 10.0. The van der Waals surface area contributed by atoms with Crippen molar-refractivity contribution in [3.05, 3.63) is 47.5 Å². The summed E-state index contributed by atoms with van der Waals surface area (Å²) in [5.74, 6) is 1.59. The number of rotatable bonds is 10. The van der Waals surface area contributed by atoms with Gasteiger partial charge in [-0.05, 0) is 62.0 Å². The summed E-state index contributed by atoms with van der Waals surface area (Å²) in [4.78, 5) is 2.60. The number of anilines is 1. The topological polar surface area (TPSA) is 30.9 Å². The van der Waals surface area contributed by atoms with Crippen LogP contribution in [0.4, 0.5) is 5.69 Å². The third-order valence-corrected chi connectivity index (χ3v) is 8.91. The van der Waals surface area contributed by atoms with Crippen LogP contribution in [-0.2, 0) is 9.89 Å². The van der Waals surface area contributed by atoms with Gasteiger partial charge in [-0.3, -0.25) is 0 Å². The van der Waals surface area contributed by atoms with E-state index in [0.717, 1.165) is 37.4 Å². The molecule has 31 heavy (non-hydrogen) atoms. The number of para-hydroxylation sites is 1. The molecule has 2 aromatic rings. The Morgan fingerprint density at radius 1 is 0.968 bits per heavy atom. The van der Waals surface area contributed by atoms with E-state index >= 15 is 0 Å². The molecule has 1 saturated heterocycles. The maximum Gasteiger partial charge on any atom is 0.188 e. The van der Waals surface area contributed by atoms with Crippen molar-refractivity contribution < 1.29 is 14.2 Å². The maximum absolute atomic E-state index is 6.08. The molecule has 5 heteroatoms. The summed E-state index contributed by atoms with van der Waals surface area (Å²) >= 11 is 0. The lowest BCUT2D eigenvalue weighted by Gasteiger charge is -2.37. The summed E-state index contributed by atoms with van der Waals surface area (Å²) in [6.07, 6.45) is 5.98. The molecule has 3 rings (SSSR count). The van der Waals surface area contributed by atoms with Crippen molar-refractivity contribution in [3.8, 4) is 11.5 Å². The lowest BCUT2D eigenvalue weighted by molar-refractivity contribution is 0.0479. The van der Waals surface area contributed by atoms with Crippen molar-refractivity contribution in [2.24, 2.45) is 0 Å². The predicted octanol–water partition coefficient (Wildman–Crippen LogP) is 6.00. The normalized spacial score (nSPS) is 14.9. The van der Waals surface area contributed by atoms with Gasteiger partial charge < -0.3 is 19.1 Å². The van der Waals surface area contributed by atoms with Gasteiger partial charge in [0.15, 0.2) is 18.3 Å². The molecule has 1 aliphatic heterocycles. The zero-order valence-corrected chi connectivity index (χ0v) is 20.8. The molecule has 0 radical (unpaired) electrons. The molecular formula is C26H38NO3P.